The van der Waals surface area contributed by atoms with Gasteiger partial charge in [0, 0.05) is 12.1 Å². The number of rotatable bonds is 2. The van der Waals surface area contributed by atoms with E-state index in [4.69, 9.17) is 0 Å². The fourth-order valence-electron chi connectivity index (χ4n) is 0.623. The van der Waals surface area contributed by atoms with E-state index in [0.29, 0.717) is 0 Å². The van der Waals surface area contributed by atoms with Gasteiger partial charge in [0.1, 0.15) is 0 Å². The first-order valence-corrected chi connectivity index (χ1v) is 5.01. The van der Waals surface area contributed by atoms with Crippen molar-refractivity contribution in [2.24, 2.45) is 0 Å². The van der Waals surface area contributed by atoms with Crippen LogP contribution < -0.4 is 10.6 Å². The first-order chi connectivity index (χ1) is 5.95. The number of hydrogen-bond donors (Lipinski definition) is 2. The molecule has 0 heterocycles. The van der Waals surface area contributed by atoms with Gasteiger partial charge in [-0.3, -0.25) is 0 Å². The average molecular weight is 188 g/mol. The molecule has 0 fully saturated rings. The van der Waals surface area contributed by atoms with Crippen LogP contribution in [0.15, 0.2) is 0 Å². The van der Waals surface area contributed by atoms with E-state index in [0.717, 1.165) is 13.0 Å². The number of urea groups is 1. The van der Waals surface area contributed by atoms with Crippen molar-refractivity contribution < 1.29 is 4.79 Å². The zero-order valence-electron chi connectivity index (χ0n) is 9.82. The minimum Gasteiger partial charge on any atom is -0.338 e. The summed E-state index contributed by atoms with van der Waals surface area (Å²) >= 11 is 0. The third-order valence-electron chi connectivity index (χ3n) is 1.02. The second-order valence-corrected chi connectivity index (χ2v) is 3.63. The lowest BCUT2D eigenvalue weighted by Crippen LogP contribution is -2.46. The maximum absolute atomic E-state index is 11.0. The van der Waals surface area contributed by atoms with Crippen LogP contribution >= 0.6 is 0 Å². The van der Waals surface area contributed by atoms with E-state index < -0.39 is 0 Å². The van der Waals surface area contributed by atoms with Crippen molar-refractivity contribution in [1.82, 2.24) is 10.6 Å². The molecule has 0 rings (SSSR count). The molecule has 0 spiro atoms. The predicted molar refractivity (Wildman–Crippen MR) is 57.9 cm³/mol. The number of nitrogens with one attached hydrogen (secondary N) is 2. The highest BCUT2D eigenvalue weighted by molar-refractivity contribution is 5.74. The van der Waals surface area contributed by atoms with E-state index in [1.807, 2.05) is 41.5 Å². The van der Waals surface area contributed by atoms with Crippen LogP contribution in [0.3, 0.4) is 0 Å². The van der Waals surface area contributed by atoms with Gasteiger partial charge in [0.05, 0.1) is 0 Å². The zero-order chi connectivity index (χ0) is 10.9. The summed E-state index contributed by atoms with van der Waals surface area (Å²) in [5.41, 5.74) is -0.141. The van der Waals surface area contributed by atoms with Crippen LogP contribution in [0, 0.1) is 0 Å². The summed E-state index contributed by atoms with van der Waals surface area (Å²) in [7, 11) is 0. The van der Waals surface area contributed by atoms with Crippen LogP contribution in [-0.2, 0) is 0 Å². The van der Waals surface area contributed by atoms with E-state index in [1.165, 1.54) is 0 Å². The maximum atomic E-state index is 11.0. The van der Waals surface area contributed by atoms with Crippen molar-refractivity contribution in [2.75, 3.05) is 6.54 Å². The van der Waals surface area contributed by atoms with Crippen LogP contribution in [0.25, 0.3) is 0 Å². The highest BCUT2D eigenvalue weighted by Crippen LogP contribution is 1.96. The van der Waals surface area contributed by atoms with Crippen LogP contribution in [-0.4, -0.2) is 18.1 Å². The van der Waals surface area contributed by atoms with E-state index in [-0.39, 0.29) is 11.6 Å². The van der Waals surface area contributed by atoms with E-state index in [1.54, 1.807) is 0 Å². The number of carbonyl (C=O) groups is 1. The molecule has 0 radical (unpaired) electrons. The molecule has 0 aliphatic rings. The van der Waals surface area contributed by atoms with Crippen LogP contribution in [0.2, 0.25) is 0 Å². The van der Waals surface area contributed by atoms with Gasteiger partial charge >= 0.3 is 6.03 Å². The first kappa shape index (κ1) is 14.8. The highest BCUT2D eigenvalue weighted by Gasteiger charge is 2.11. The first-order valence-electron chi connectivity index (χ1n) is 5.01. The number of carbonyl (C=O) groups excluding carboxylic acids is 1. The third kappa shape index (κ3) is 14.2. The largest absolute Gasteiger partial charge is 0.338 e. The summed E-state index contributed by atoms with van der Waals surface area (Å²) in [6.45, 7) is 12.6. The van der Waals surface area contributed by atoms with Crippen molar-refractivity contribution in [1.29, 1.82) is 0 Å². The molecule has 0 aromatic rings. The molecule has 0 aromatic heterocycles. The van der Waals surface area contributed by atoms with Crippen molar-refractivity contribution in [3.63, 3.8) is 0 Å². The molecule has 3 heteroatoms. The van der Waals surface area contributed by atoms with Crippen LogP contribution in [0.4, 0.5) is 4.79 Å². The molecule has 80 valence electrons. The van der Waals surface area contributed by atoms with Gasteiger partial charge in [-0.25, -0.2) is 4.79 Å². The fourth-order valence-corrected chi connectivity index (χ4v) is 0.623. The van der Waals surface area contributed by atoms with Gasteiger partial charge in [0.25, 0.3) is 0 Å². The van der Waals surface area contributed by atoms with Gasteiger partial charge in [-0.15, -0.1) is 0 Å². The van der Waals surface area contributed by atoms with Gasteiger partial charge in [-0.05, 0) is 27.2 Å². The second kappa shape index (κ2) is 7.90. The Morgan fingerprint density at radius 1 is 1.23 bits per heavy atom. The van der Waals surface area contributed by atoms with Crippen molar-refractivity contribution in [2.45, 2.75) is 53.5 Å². The average Bonchev–Trinajstić information content (AvgIpc) is 2.01. The standard InChI is InChI=1S/C8H18N2O.C2H6/c1-5-6-9-7(11)10-8(2,3)4;1-2/h5-6H2,1-4H3,(H2,9,10,11);1-2H3. The molecular formula is C10H24N2O. The molecule has 13 heavy (non-hydrogen) atoms. The topological polar surface area (TPSA) is 41.1 Å². The van der Waals surface area contributed by atoms with Crippen molar-refractivity contribution in [3.05, 3.63) is 0 Å². The SMILES string of the molecule is CC.CCCNC(=O)NC(C)(C)C. The van der Waals surface area contributed by atoms with E-state index in [2.05, 4.69) is 10.6 Å². The molecule has 0 aromatic carbocycles. The third-order valence-corrected chi connectivity index (χ3v) is 1.02. The van der Waals surface area contributed by atoms with Crippen LogP contribution in [0.1, 0.15) is 48.0 Å². The quantitative estimate of drug-likeness (QED) is 0.687. The summed E-state index contributed by atoms with van der Waals surface area (Å²) in [6, 6.07) is -0.0839. The van der Waals surface area contributed by atoms with Gasteiger partial charge in [0.2, 0.25) is 0 Å². The molecular weight excluding hydrogens is 164 g/mol. The summed E-state index contributed by atoms with van der Waals surface area (Å²) in [4.78, 5) is 11.0. The second-order valence-electron chi connectivity index (χ2n) is 3.63. The molecule has 0 saturated carbocycles. The molecule has 0 bridgehead atoms. The van der Waals surface area contributed by atoms with Gasteiger partial charge in [-0.1, -0.05) is 20.8 Å². The molecule has 0 aliphatic heterocycles. The molecule has 0 atom stereocenters. The number of amides is 2. The molecule has 0 unspecified atom stereocenters. The van der Waals surface area contributed by atoms with Crippen molar-refractivity contribution >= 4 is 6.03 Å². The maximum Gasteiger partial charge on any atom is 0.315 e. The molecule has 0 saturated heterocycles. The summed E-state index contributed by atoms with van der Waals surface area (Å²) < 4.78 is 0. The smallest absolute Gasteiger partial charge is 0.315 e. The lowest BCUT2D eigenvalue weighted by Gasteiger charge is -2.20. The molecule has 3 nitrogen and oxygen atoms in total. The van der Waals surface area contributed by atoms with Crippen LogP contribution in [0.5, 0.6) is 0 Å². The lowest BCUT2D eigenvalue weighted by atomic mass is 10.1. The highest BCUT2D eigenvalue weighted by atomic mass is 16.2. The van der Waals surface area contributed by atoms with Crippen molar-refractivity contribution in [3.8, 4) is 0 Å². The Bertz CT molecular complexity index is 127. The fraction of sp³-hybridized carbons (Fsp3) is 0.900. The summed E-state index contributed by atoms with van der Waals surface area (Å²) in [6.07, 6.45) is 0.970. The van der Waals surface area contributed by atoms with Gasteiger partial charge in [0.15, 0.2) is 0 Å². The Hall–Kier alpha value is -0.730. The molecule has 2 N–H and O–H groups in total. The number of hydrogen-bond acceptors (Lipinski definition) is 1. The zero-order valence-corrected chi connectivity index (χ0v) is 9.82. The van der Waals surface area contributed by atoms with Gasteiger partial charge < -0.3 is 10.6 Å². The minimum absolute atomic E-state index is 0.0839. The normalized spacial score (nSPS) is 9.69. The Labute approximate surface area is 82.3 Å². The van der Waals surface area contributed by atoms with Gasteiger partial charge in [-0.2, -0.15) is 0 Å². The predicted octanol–water partition coefficient (Wildman–Crippen LogP) is 2.52. The summed E-state index contributed by atoms with van der Waals surface area (Å²) in [5, 5.41) is 5.54. The van der Waals surface area contributed by atoms with E-state index in [9.17, 15) is 4.79 Å². The monoisotopic (exact) mass is 188 g/mol. The Morgan fingerprint density at radius 2 is 1.69 bits per heavy atom. The van der Waals surface area contributed by atoms with E-state index >= 15 is 0 Å². The minimum atomic E-state index is -0.141. The Balaban J connectivity index is 0. The Morgan fingerprint density at radius 3 is 2.00 bits per heavy atom. The Kier molecular flexibility index (Phi) is 8.97. The summed E-state index contributed by atoms with van der Waals surface area (Å²) in [5.74, 6) is 0. The lowest BCUT2D eigenvalue weighted by molar-refractivity contribution is 0.232. The molecule has 0 aliphatic carbocycles. The molecule has 2 amide bonds.